The zero-order valence-corrected chi connectivity index (χ0v) is 12.1. The lowest BCUT2D eigenvalue weighted by atomic mass is 9.93. The maximum absolute atomic E-state index is 11.6. The highest BCUT2D eigenvalue weighted by atomic mass is 16.5. The Morgan fingerprint density at radius 3 is 2.29 bits per heavy atom. The summed E-state index contributed by atoms with van der Waals surface area (Å²) in [4.78, 5) is 11.6. The van der Waals surface area contributed by atoms with Gasteiger partial charge in [0, 0.05) is 6.42 Å². The predicted octanol–water partition coefficient (Wildman–Crippen LogP) is 2.98. The Balaban J connectivity index is 3.83. The summed E-state index contributed by atoms with van der Waals surface area (Å²) in [5, 5.41) is 0. The van der Waals surface area contributed by atoms with E-state index in [-0.39, 0.29) is 17.3 Å². The van der Waals surface area contributed by atoms with E-state index >= 15 is 0 Å². The van der Waals surface area contributed by atoms with Crippen molar-refractivity contribution in [2.24, 2.45) is 23.0 Å². The van der Waals surface area contributed by atoms with E-state index in [9.17, 15) is 4.79 Å². The first-order chi connectivity index (χ1) is 7.74. The van der Waals surface area contributed by atoms with Gasteiger partial charge in [-0.15, -0.1) is 0 Å². The lowest BCUT2D eigenvalue weighted by Crippen LogP contribution is -2.22. The predicted molar refractivity (Wildman–Crippen MR) is 71.6 cm³/mol. The molecular weight excluding hydrogens is 214 g/mol. The molecule has 0 radical (unpaired) electrons. The van der Waals surface area contributed by atoms with Gasteiger partial charge in [-0.25, -0.2) is 0 Å². The molecule has 1 unspecified atom stereocenters. The summed E-state index contributed by atoms with van der Waals surface area (Å²) < 4.78 is 5.24. The van der Waals surface area contributed by atoms with Crippen LogP contribution in [0.15, 0.2) is 0 Å². The van der Waals surface area contributed by atoms with Gasteiger partial charge in [-0.05, 0) is 36.6 Å². The average Bonchev–Trinajstić information content (AvgIpc) is 2.13. The molecule has 1 atom stereocenters. The van der Waals surface area contributed by atoms with E-state index in [0.29, 0.717) is 25.5 Å². The van der Waals surface area contributed by atoms with Crippen LogP contribution in [0.25, 0.3) is 0 Å². The summed E-state index contributed by atoms with van der Waals surface area (Å²) in [6.07, 6.45) is 2.35. The lowest BCUT2D eigenvalue weighted by Gasteiger charge is -2.19. The van der Waals surface area contributed by atoms with Crippen molar-refractivity contribution in [2.45, 2.75) is 53.9 Å². The molecule has 3 heteroatoms. The Morgan fingerprint density at radius 1 is 1.29 bits per heavy atom. The molecule has 0 fully saturated rings. The molecule has 0 saturated heterocycles. The lowest BCUT2D eigenvalue weighted by molar-refractivity contribution is -0.145. The smallest absolute Gasteiger partial charge is 0.306 e. The van der Waals surface area contributed by atoms with Gasteiger partial charge in [0.1, 0.15) is 0 Å². The molecule has 0 heterocycles. The van der Waals surface area contributed by atoms with E-state index in [1.54, 1.807) is 0 Å². The summed E-state index contributed by atoms with van der Waals surface area (Å²) in [7, 11) is 0. The molecule has 0 bridgehead atoms. The van der Waals surface area contributed by atoms with Crippen molar-refractivity contribution in [3.05, 3.63) is 0 Å². The topological polar surface area (TPSA) is 52.3 Å². The summed E-state index contributed by atoms with van der Waals surface area (Å²) in [6.45, 7) is 11.8. The number of carbonyl (C=O) groups is 1. The molecule has 0 aromatic heterocycles. The van der Waals surface area contributed by atoms with E-state index in [1.165, 1.54) is 0 Å². The van der Waals surface area contributed by atoms with Crippen molar-refractivity contribution in [2.75, 3.05) is 13.2 Å². The third-order valence-electron chi connectivity index (χ3n) is 2.71. The molecule has 0 spiro atoms. The minimum atomic E-state index is -0.106. The van der Waals surface area contributed by atoms with Gasteiger partial charge >= 0.3 is 5.97 Å². The van der Waals surface area contributed by atoms with Gasteiger partial charge in [0.2, 0.25) is 0 Å². The van der Waals surface area contributed by atoms with Crippen molar-refractivity contribution < 1.29 is 9.53 Å². The van der Waals surface area contributed by atoms with Crippen LogP contribution >= 0.6 is 0 Å². The molecule has 0 saturated carbocycles. The van der Waals surface area contributed by atoms with Crippen LogP contribution in [0.3, 0.4) is 0 Å². The molecule has 3 nitrogen and oxygen atoms in total. The standard InChI is InChI=1S/C14H29NO2/c1-11(2)8-12(10-15)9-13(16)17-7-6-14(3,4)5/h11-12H,6-10,15H2,1-5H3. The quantitative estimate of drug-likeness (QED) is 0.699. The summed E-state index contributed by atoms with van der Waals surface area (Å²) >= 11 is 0. The van der Waals surface area contributed by atoms with Gasteiger partial charge in [0.25, 0.3) is 0 Å². The van der Waals surface area contributed by atoms with Crippen LogP contribution in [-0.2, 0) is 9.53 Å². The molecule has 2 N–H and O–H groups in total. The maximum atomic E-state index is 11.6. The van der Waals surface area contributed by atoms with Gasteiger partial charge in [-0.2, -0.15) is 0 Å². The highest BCUT2D eigenvalue weighted by Crippen LogP contribution is 2.19. The summed E-state index contributed by atoms with van der Waals surface area (Å²) in [5.41, 5.74) is 5.87. The van der Waals surface area contributed by atoms with Gasteiger partial charge in [0.15, 0.2) is 0 Å². The van der Waals surface area contributed by atoms with Crippen molar-refractivity contribution in [3.8, 4) is 0 Å². The van der Waals surface area contributed by atoms with Crippen molar-refractivity contribution in [1.29, 1.82) is 0 Å². The van der Waals surface area contributed by atoms with Crippen LogP contribution in [-0.4, -0.2) is 19.1 Å². The van der Waals surface area contributed by atoms with Crippen molar-refractivity contribution in [1.82, 2.24) is 0 Å². The Bertz CT molecular complexity index is 219. The minimum Gasteiger partial charge on any atom is -0.466 e. The Labute approximate surface area is 106 Å². The molecule has 0 rings (SSSR count). The number of rotatable bonds is 7. The van der Waals surface area contributed by atoms with Crippen molar-refractivity contribution in [3.63, 3.8) is 0 Å². The van der Waals surface area contributed by atoms with Gasteiger partial charge in [-0.1, -0.05) is 34.6 Å². The largest absolute Gasteiger partial charge is 0.466 e. The Kier molecular flexibility index (Phi) is 7.44. The number of carbonyl (C=O) groups excluding carboxylic acids is 1. The molecule has 17 heavy (non-hydrogen) atoms. The van der Waals surface area contributed by atoms with Gasteiger partial charge < -0.3 is 10.5 Å². The fourth-order valence-corrected chi connectivity index (χ4v) is 1.70. The Hall–Kier alpha value is -0.570. The van der Waals surface area contributed by atoms with Crippen LogP contribution in [0.1, 0.15) is 53.9 Å². The SMILES string of the molecule is CC(C)CC(CN)CC(=O)OCCC(C)(C)C. The fraction of sp³-hybridized carbons (Fsp3) is 0.929. The van der Waals surface area contributed by atoms with E-state index in [4.69, 9.17) is 10.5 Å². The van der Waals surface area contributed by atoms with E-state index in [0.717, 1.165) is 12.8 Å². The second kappa shape index (κ2) is 7.70. The number of hydrogen-bond acceptors (Lipinski definition) is 3. The van der Waals surface area contributed by atoms with Gasteiger partial charge in [0.05, 0.1) is 6.61 Å². The van der Waals surface area contributed by atoms with Crippen LogP contribution < -0.4 is 5.73 Å². The molecule has 0 aliphatic rings. The molecule has 0 aromatic carbocycles. The van der Waals surface area contributed by atoms with E-state index in [1.807, 2.05) is 0 Å². The minimum absolute atomic E-state index is 0.106. The van der Waals surface area contributed by atoms with Crippen LogP contribution in [0.4, 0.5) is 0 Å². The van der Waals surface area contributed by atoms with Crippen LogP contribution in [0.5, 0.6) is 0 Å². The van der Waals surface area contributed by atoms with E-state index < -0.39 is 0 Å². The van der Waals surface area contributed by atoms with E-state index in [2.05, 4.69) is 34.6 Å². The first-order valence-corrected chi connectivity index (χ1v) is 6.60. The highest BCUT2D eigenvalue weighted by Gasteiger charge is 2.16. The highest BCUT2D eigenvalue weighted by molar-refractivity contribution is 5.69. The number of esters is 1. The number of ether oxygens (including phenoxy) is 1. The van der Waals surface area contributed by atoms with Crippen LogP contribution in [0, 0.1) is 17.3 Å². The average molecular weight is 243 g/mol. The van der Waals surface area contributed by atoms with Crippen molar-refractivity contribution >= 4 is 5.97 Å². The first-order valence-electron chi connectivity index (χ1n) is 6.60. The third kappa shape index (κ3) is 10.3. The molecule has 0 aliphatic heterocycles. The Morgan fingerprint density at radius 2 is 1.88 bits per heavy atom. The molecule has 0 amide bonds. The molecular formula is C14H29NO2. The molecule has 102 valence electrons. The normalized spacial score (nSPS) is 13.8. The number of nitrogens with two attached hydrogens (primary N) is 1. The second-order valence-corrected chi connectivity index (χ2v) is 6.47. The van der Waals surface area contributed by atoms with Gasteiger partial charge in [-0.3, -0.25) is 4.79 Å². The summed E-state index contributed by atoms with van der Waals surface area (Å²) in [6, 6.07) is 0. The molecule has 0 aliphatic carbocycles. The maximum Gasteiger partial charge on any atom is 0.306 e. The summed E-state index contributed by atoms with van der Waals surface area (Å²) in [5.74, 6) is 0.730. The van der Waals surface area contributed by atoms with Crippen LogP contribution in [0.2, 0.25) is 0 Å². The zero-order valence-electron chi connectivity index (χ0n) is 12.1. The fourth-order valence-electron chi connectivity index (χ4n) is 1.70. The zero-order chi connectivity index (χ0) is 13.5. The third-order valence-corrected chi connectivity index (χ3v) is 2.71. The second-order valence-electron chi connectivity index (χ2n) is 6.47. The number of hydrogen-bond donors (Lipinski definition) is 1. The molecule has 0 aromatic rings. The monoisotopic (exact) mass is 243 g/mol. The first kappa shape index (κ1) is 16.4.